The van der Waals surface area contributed by atoms with E-state index in [1.54, 1.807) is 23.5 Å². The molecule has 0 amide bonds. The van der Waals surface area contributed by atoms with Gasteiger partial charge in [-0.15, -0.1) is 11.3 Å². The van der Waals surface area contributed by atoms with E-state index >= 15 is 0 Å². The molecule has 2 heterocycles. The molecule has 0 aliphatic carbocycles. The van der Waals surface area contributed by atoms with Crippen molar-refractivity contribution in [3.63, 3.8) is 0 Å². The van der Waals surface area contributed by atoms with E-state index in [2.05, 4.69) is 16.4 Å². The number of nitrogens with zero attached hydrogens (tertiary/aromatic N) is 1. The van der Waals surface area contributed by atoms with E-state index in [4.69, 9.17) is 11.6 Å². The molecule has 2 nitrogen and oxygen atoms in total. The van der Waals surface area contributed by atoms with Crippen molar-refractivity contribution in [2.24, 2.45) is 0 Å². The molecule has 108 valence electrons. The fraction of sp³-hybridized carbons (Fsp3) is 0.188. The normalized spacial score (nSPS) is 12.7. The average molecular weight is 321 g/mol. The van der Waals surface area contributed by atoms with Crippen molar-refractivity contribution in [3.05, 3.63) is 63.9 Å². The fourth-order valence-corrected chi connectivity index (χ4v) is 3.29. The van der Waals surface area contributed by atoms with Crippen molar-refractivity contribution in [2.45, 2.75) is 12.5 Å². The van der Waals surface area contributed by atoms with Crippen LogP contribution in [-0.2, 0) is 6.42 Å². The smallest absolute Gasteiger partial charge is 0.127 e. The van der Waals surface area contributed by atoms with Gasteiger partial charge in [-0.25, -0.2) is 4.39 Å². The Labute approximate surface area is 131 Å². The molecule has 1 atom stereocenters. The van der Waals surface area contributed by atoms with E-state index in [-0.39, 0.29) is 11.9 Å². The molecule has 3 rings (SSSR count). The SMILES string of the molecule is CNC(Cc1ccc(Cl)cc1F)c1cnc2ccsc2c1. The van der Waals surface area contributed by atoms with Crippen LogP contribution in [0, 0.1) is 5.82 Å². The number of pyridine rings is 1. The van der Waals surface area contributed by atoms with Crippen molar-refractivity contribution in [2.75, 3.05) is 7.05 Å². The van der Waals surface area contributed by atoms with Crippen molar-refractivity contribution in [3.8, 4) is 0 Å². The summed E-state index contributed by atoms with van der Waals surface area (Å²) in [5.41, 5.74) is 2.70. The summed E-state index contributed by atoms with van der Waals surface area (Å²) in [4.78, 5) is 4.44. The van der Waals surface area contributed by atoms with Crippen molar-refractivity contribution < 1.29 is 4.39 Å². The summed E-state index contributed by atoms with van der Waals surface area (Å²) in [7, 11) is 1.87. The molecule has 21 heavy (non-hydrogen) atoms. The Bertz CT molecular complexity index is 772. The van der Waals surface area contributed by atoms with Crippen LogP contribution >= 0.6 is 22.9 Å². The van der Waals surface area contributed by atoms with Gasteiger partial charge in [-0.1, -0.05) is 17.7 Å². The third kappa shape index (κ3) is 3.07. The Kier molecular flexibility index (Phi) is 4.19. The van der Waals surface area contributed by atoms with E-state index in [0.29, 0.717) is 17.0 Å². The third-order valence-electron chi connectivity index (χ3n) is 3.51. The molecule has 5 heteroatoms. The molecule has 1 unspecified atom stereocenters. The van der Waals surface area contributed by atoms with Crippen LogP contribution in [0.2, 0.25) is 5.02 Å². The lowest BCUT2D eigenvalue weighted by Crippen LogP contribution is -2.19. The number of rotatable bonds is 4. The van der Waals surface area contributed by atoms with Gasteiger partial charge in [0, 0.05) is 17.3 Å². The summed E-state index contributed by atoms with van der Waals surface area (Å²) >= 11 is 7.45. The van der Waals surface area contributed by atoms with E-state index < -0.39 is 0 Å². The van der Waals surface area contributed by atoms with Crippen molar-refractivity contribution in [1.29, 1.82) is 0 Å². The summed E-state index contributed by atoms with van der Waals surface area (Å²) in [6.45, 7) is 0. The van der Waals surface area contributed by atoms with Gasteiger partial charge in [-0.2, -0.15) is 0 Å². The molecule has 0 saturated heterocycles. The molecule has 2 aromatic heterocycles. The zero-order valence-electron chi connectivity index (χ0n) is 11.4. The lowest BCUT2D eigenvalue weighted by Gasteiger charge is -2.17. The standard InChI is InChI=1S/C16H14ClFN2S/c1-19-15(6-10-2-3-12(17)8-13(10)18)11-7-16-14(20-9-11)4-5-21-16/h2-5,7-9,15,19H,6H2,1H3. The van der Waals surface area contributed by atoms with Gasteiger partial charge in [0.2, 0.25) is 0 Å². The van der Waals surface area contributed by atoms with Crippen LogP contribution < -0.4 is 5.32 Å². The van der Waals surface area contributed by atoms with Crippen LogP contribution in [0.1, 0.15) is 17.2 Å². The highest BCUT2D eigenvalue weighted by Crippen LogP contribution is 2.26. The van der Waals surface area contributed by atoms with E-state index in [1.165, 1.54) is 6.07 Å². The van der Waals surface area contributed by atoms with Gasteiger partial charge in [0.25, 0.3) is 0 Å². The minimum absolute atomic E-state index is 0.0136. The molecule has 0 saturated carbocycles. The predicted molar refractivity (Wildman–Crippen MR) is 86.5 cm³/mol. The van der Waals surface area contributed by atoms with Gasteiger partial charge in [-0.05, 0) is 54.2 Å². The summed E-state index contributed by atoms with van der Waals surface area (Å²) in [5.74, 6) is -0.270. The van der Waals surface area contributed by atoms with Gasteiger partial charge >= 0.3 is 0 Å². The van der Waals surface area contributed by atoms with Gasteiger partial charge in [-0.3, -0.25) is 4.98 Å². The minimum atomic E-state index is -0.270. The summed E-state index contributed by atoms with van der Waals surface area (Å²) in [5, 5.41) is 5.67. The van der Waals surface area contributed by atoms with Crippen LogP contribution in [0.25, 0.3) is 10.2 Å². The molecular formula is C16H14ClFN2S. The van der Waals surface area contributed by atoms with E-state index in [1.807, 2.05) is 24.7 Å². The van der Waals surface area contributed by atoms with Crippen LogP contribution in [0.4, 0.5) is 4.39 Å². The van der Waals surface area contributed by atoms with Crippen molar-refractivity contribution in [1.82, 2.24) is 10.3 Å². The first-order valence-corrected chi connectivity index (χ1v) is 7.87. The van der Waals surface area contributed by atoms with Crippen molar-refractivity contribution >= 4 is 33.2 Å². The molecule has 0 spiro atoms. The van der Waals surface area contributed by atoms with Gasteiger partial charge in [0.05, 0.1) is 10.2 Å². The second kappa shape index (κ2) is 6.10. The van der Waals surface area contributed by atoms with Crippen LogP contribution in [-0.4, -0.2) is 12.0 Å². The Hall–Kier alpha value is -1.49. The first-order valence-electron chi connectivity index (χ1n) is 6.61. The second-order valence-corrected chi connectivity index (χ2v) is 6.24. The number of thiophene rings is 1. The maximum Gasteiger partial charge on any atom is 0.127 e. The zero-order chi connectivity index (χ0) is 14.8. The highest BCUT2D eigenvalue weighted by atomic mass is 35.5. The lowest BCUT2D eigenvalue weighted by atomic mass is 10.00. The molecule has 0 bridgehead atoms. The van der Waals surface area contributed by atoms with Gasteiger partial charge in [0.1, 0.15) is 5.82 Å². The van der Waals surface area contributed by atoms with Gasteiger partial charge in [0.15, 0.2) is 0 Å². The Morgan fingerprint density at radius 1 is 1.33 bits per heavy atom. The zero-order valence-corrected chi connectivity index (χ0v) is 13.0. The molecule has 0 aliphatic rings. The monoisotopic (exact) mass is 320 g/mol. The molecule has 0 radical (unpaired) electrons. The fourth-order valence-electron chi connectivity index (χ4n) is 2.35. The third-order valence-corrected chi connectivity index (χ3v) is 4.60. The maximum absolute atomic E-state index is 13.9. The number of fused-ring (bicyclic) bond motifs is 1. The van der Waals surface area contributed by atoms with Crippen LogP contribution in [0.3, 0.4) is 0 Å². The molecule has 1 N–H and O–H groups in total. The Morgan fingerprint density at radius 3 is 2.95 bits per heavy atom. The number of likely N-dealkylation sites (N-methyl/N-ethyl adjacent to an activating group) is 1. The summed E-state index contributed by atoms with van der Waals surface area (Å²) < 4.78 is 15.1. The van der Waals surface area contributed by atoms with E-state index in [9.17, 15) is 4.39 Å². The predicted octanol–water partition coefficient (Wildman–Crippen LogP) is 4.59. The first kappa shape index (κ1) is 14.4. The minimum Gasteiger partial charge on any atom is -0.313 e. The highest BCUT2D eigenvalue weighted by Gasteiger charge is 2.14. The Morgan fingerprint density at radius 2 is 2.19 bits per heavy atom. The van der Waals surface area contributed by atoms with Crippen LogP contribution in [0.15, 0.2) is 41.9 Å². The number of halogens is 2. The maximum atomic E-state index is 13.9. The van der Waals surface area contributed by atoms with Gasteiger partial charge < -0.3 is 5.32 Å². The molecule has 0 aliphatic heterocycles. The number of hydrogen-bond donors (Lipinski definition) is 1. The first-order chi connectivity index (χ1) is 10.2. The summed E-state index contributed by atoms with van der Waals surface area (Å²) in [6, 6.07) is 8.93. The number of nitrogens with one attached hydrogen (secondary N) is 1. The lowest BCUT2D eigenvalue weighted by molar-refractivity contribution is 0.554. The second-order valence-electron chi connectivity index (χ2n) is 4.85. The molecular weight excluding hydrogens is 307 g/mol. The molecule has 1 aromatic carbocycles. The average Bonchev–Trinajstić information content (AvgIpc) is 2.94. The molecule has 0 fully saturated rings. The topological polar surface area (TPSA) is 24.9 Å². The largest absolute Gasteiger partial charge is 0.313 e. The Balaban J connectivity index is 1.90. The number of aromatic nitrogens is 1. The number of hydrogen-bond acceptors (Lipinski definition) is 3. The van der Waals surface area contributed by atoms with Crippen LogP contribution in [0.5, 0.6) is 0 Å². The van der Waals surface area contributed by atoms with E-state index in [0.717, 1.165) is 15.8 Å². The number of benzene rings is 1. The highest BCUT2D eigenvalue weighted by molar-refractivity contribution is 7.17. The quantitative estimate of drug-likeness (QED) is 0.760. The molecule has 3 aromatic rings. The summed E-state index contributed by atoms with van der Waals surface area (Å²) in [6.07, 6.45) is 2.40.